The second kappa shape index (κ2) is 7.92. The lowest BCUT2D eigenvalue weighted by Gasteiger charge is -2.32. The summed E-state index contributed by atoms with van der Waals surface area (Å²) < 4.78 is 0. The molecule has 0 fully saturated rings. The van der Waals surface area contributed by atoms with Crippen LogP contribution < -0.4 is 10.6 Å². The Morgan fingerprint density at radius 3 is 2.00 bits per heavy atom. The molecule has 6 nitrogen and oxygen atoms in total. The van der Waals surface area contributed by atoms with Gasteiger partial charge < -0.3 is 20.8 Å². The number of urea groups is 1. The summed E-state index contributed by atoms with van der Waals surface area (Å²) in [5, 5.41) is 22.8. The van der Waals surface area contributed by atoms with Crippen molar-refractivity contribution >= 4 is 12.0 Å². The highest BCUT2D eigenvalue weighted by atomic mass is 16.4. The molecule has 0 spiro atoms. The average Bonchev–Trinajstić information content (AvgIpc) is 2.35. The Kier molecular flexibility index (Phi) is 7.35. The predicted octanol–water partition coefficient (Wildman–Crippen LogP) is 1.09. The van der Waals surface area contributed by atoms with Gasteiger partial charge in [0, 0.05) is 18.6 Å². The van der Waals surface area contributed by atoms with Crippen LogP contribution in [-0.4, -0.2) is 40.4 Å². The Morgan fingerprint density at radius 1 is 1.17 bits per heavy atom. The van der Waals surface area contributed by atoms with Gasteiger partial charge in [0.1, 0.15) is 6.04 Å². The van der Waals surface area contributed by atoms with Gasteiger partial charge in [-0.05, 0) is 19.3 Å². The number of nitrogens with one attached hydrogen (secondary N) is 2. The molecule has 4 N–H and O–H groups in total. The molecule has 6 heteroatoms. The van der Waals surface area contributed by atoms with Gasteiger partial charge in [-0.2, -0.15) is 0 Å². The zero-order chi connectivity index (χ0) is 14.2. The first-order valence-electron chi connectivity index (χ1n) is 6.37. The van der Waals surface area contributed by atoms with E-state index in [0.29, 0.717) is 0 Å². The third-order valence-electron chi connectivity index (χ3n) is 3.43. The molecule has 1 atom stereocenters. The van der Waals surface area contributed by atoms with E-state index in [2.05, 4.69) is 10.6 Å². The lowest BCUT2D eigenvalue weighted by Crippen LogP contribution is -2.54. The molecule has 0 aromatic heterocycles. The molecule has 0 aliphatic rings. The van der Waals surface area contributed by atoms with Gasteiger partial charge in [-0.3, -0.25) is 0 Å². The van der Waals surface area contributed by atoms with Gasteiger partial charge in [0.2, 0.25) is 0 Å². The molecule has 0 aromatic rings. The summed E-state index contributed by atoms with van der Waals surface area (Å²) in [6.07, 6.45) is 2.35. The van der Waals surface area contributed by atoms with Gasteiger partial charge in [-0.15, -0.1) is 0 Å². The molecule has 18 heavy (non-hydrogen) atoms. The number of aliphatic hydroxyl groups excluding tert-OH is 1. The van der Waals surface area contributed by atoms with Crippen LogP contribution in [0.2, 0.25) is 0 Å². The van der Waals surface area contributed by atoms with Crippen LogP contribution in [0, 0.1) is 0 Å². The number of amides is 2. The number of rotatable bonds is 8. The third-order valence-corrected chi connectivity index (χ3v) is 3.43. The van der Waals surface area contributed by atoms with Gasteiger partial charge in [0.05, 0.1) is 0 Å². The van der Waals surface area contributed by atoms with Crippen molar-refractivity contribution in [2.75, 3.05) is 6.61 Å². The van der Waals surface area contributed by atoms with Crippen molar-refractivity contribution < 1.29 is 19.8 Å². The van der Waals surface area contributed by atoms with Gasteiger partial charge in [0.15, 0.2) is 0 Å². The molecule has 0 radical (unpaired) electrons. The lowest BCUT2D eigenvalue weighted by molar-refractivity contribution is -0.139. The minimum absolute atomic E-state index is 0.000127. The summed E-state index contributed by atoms with van der Waals surface area (Å²) >= 11 is 0. The van der Waals surface area contributed by atoms with Crippen LogP contribution in [0.15, 0.2) is 0 Å². The summed E-state index contributed by atoms with van der Waals surface area (Å²) in [6, 6.07) is -1.56. The molecular formula is C12H24N2O4. The van der Waals surface area contributed by atoms with E-state index in [9.17, 15) is 9.59 Å². The predicted molar refractivity (Wildman–Crippen MR) is 68.4 cm³/mol. The zero-order valence-electron chi connectivity index (χ0n) is 11.3. The molecule has 0 bridgehead atoms. The van der Waals surface area contributed by atoms with Crippen molar-refractivity contribution in [2.45, 2.75) is 58.0 Å². The number of carbonyl (C=O) groups excluding carboxylic acids is 1. The van der Waals surface area contributed by atoms with Crippen LogP contribution >= 0.6 is 0 Å². The maximum absolute atomic E-state index is 11.8. The standard InChI is InChI=1S/C12H24N2O4/c1-4-12(5-2,6-3)14-11(18)13-9(7-8-15)10(16)17/h9,15H,4-8H2,1-3H3,(H,16,17)(H2,13,14,18)/t9-/m1/s1. The SMILES string of the molecule is CCC(CC)(CC)NC(=O)N[C@H](CCO)C(=O)O. The first kappa shape index (κ1) is 16.7. The average molecular weight is 260 g/mol. The number of aliphatic hydroxyl groups is 1. The number of hydrogen-bond acceptors (Lipinski definition) is 3. The summed E-state index contributed by atoms with van der Waals surface area (Å²) in [6.45, 7) is 5.67. The highest BCUT2D eigenvalue weighted by Gasteiger charge is 2.27. The fourth-order valence-corrected chi connectivity index (χ4v) is 1.84. The Bertz CT molecular complexity index is 269. The highest BCUT2D eigenvalue weighted by molar-refractivity contribution is 5.82. The van der Waals surface area contributed by atoms with Crippen LogP contribution in [0.25, 0.3) is 0 Å². The maximum atomic E-state index is 11.8. The van der Waals surface area contributed by atoms with E-state index in [1.165, 1.54) is 0 Å². The Labute approximate surface area is 108 Å². The lowest BCUT2D eigenvalue weighted by atomic mass is 9.90. The Hall–Kier alpha value is -1.30. The molecule has 0 aromatic carbocycles. The molecule has 0 saturated carbocycles. The quantitative estimate of drug-likeness (QED) is 0.525. The smallest absolute Gasteiger partial charge is 0.326 e. The van der Waals surface area contributed by atoms with Crippen LogP contribution in [0.5, 0.6) is 0 Å². The first-order chi connectivity index (χ1) is 8.44. The third kappa shape index (κ3) is 4.91. The van der Waals surface area contributed by atoms with E-state index in [1.54, 1.807) is 0 Å². The van der Waals surface area contributed by atoms with E-state index in [0.717, 1.165) is 19.3 Å². The van der Waals surface area contributed by atoms with E-state index in [4.69, 9.17) is 10.2 Å². The van der Waals surface area contributed by atoms with Crippen molar-refractivity contribution in [1.82, 2.24) is 10.6 Å². The number of carboxylic acid groups (broad SMARTS) is 1. The topological polar surface area (TPSA) is 98.7 Å². The molecule has 106 valence electrons. The summed E-state index contributed by atoms with van der Waals surface area (Å²) in [4.78, 5) is 22.6. The Balaban J connectivity index is 4.51. The number of carboxylic acids is 1. The maximum Gasteiger partial charge on any atom is 0.326 e. The molecule has 0 saturated heterocycles. The molecular weight excluding hydrogens is 236 g/mol. The second-order valence-electron chi connectivity index (χ2n) is 4.34. The summed E-state index contributed by atoms with van der Waals surface area (Å²) in [5.41, 5.74) is -0.299. The normalized spacial score (nSPS) is 12.9. The van der Waals surface area contributed by atoms with Crippen LogP contribution in [-0.2, 0) is 4.79 Å². The minimum atomic E-state index is -1.14. The fourth-order valence-electron chi connectivity index (χ4n) is 1.84. The number of hydrogen-bond donors (Lipinski definition) is 4. The van der Waals surface area contributed by atoms with Crippen molar-refractivity contribution in [3.05, 3.63) is 0 Å². The van der Waals surface area contributed by atoms with Crippen molar-refractivity contribution in [3.63, 3.8) is 0 Å². The number of carbonyl (C=O) groups is 2. The van der Waals surface area contributed by atoms with E-state index in [-0.39, 0.29) is 18.6 Å². The minimum Gasteiger partial charge on any atom is -0.480 e. The van der Waals surface area contributed by atoms with Crippen molar-refractivity contribution in [1.29, 1.82) is 0 Å². The largest absolute Gasteiger partial charge is 0.480 e. The van der Waals surface area contributed by atoms with E-state index in [1.807, 2.05) is 20.8 Å². The van der Waals surface area contributed by atoms with Gasteiger partial charge >= 0.3 is 12.0 Å². The van der Waals surface area contributed by atoms with Gasteiger partial charge in [-0.25, -0.2) is 9.59 Å². The second-order valence-corrected chi connectivity index (χ2v) is 4.34. The number of aliphatic carboxylic acids is 1. The zero-order valence-corrected chi connectivity index (χ0v) is 11.3. The molecule has 0 heterocycles. The summed E-state index contributed by atoms with van der Waals surface area (Å²) in [5.74, 6) is -1.14. The molecule has 0 aliphatic heterocycles. The van der Waals surface area contributed by atoms with E-state index < -0.39 is 18.0 Å². The van der Waals surface area contributed by atoms with Crippen LogP contribution in [0.4, 0.5) is 4.79 Å². The van der Waals surface area contributed by atoms with Gasteiger partial charge in [-0.1, -0.05) is 20.8 Å². The van der Waals surface area contributed by atoms with E-state index >= 15 is 0 Å². The van der Waals surface area contributed by atoms with Crippen LogP contribution in [0.1, 0.15) is 46.5 Å². The Morgan fingerprint density at radius 2 is 1.67 bits per heavy atom. The summed E-state index contributed by atoms with van der Waals surface area (Å²) in [7, 11) is 0. The molecule has 0 rings (SSSR count). The molecule has 0 aliphatic carbocycles. The molecule has 2 amide bonds. The van der Waals surface area contributed by atoms with Crippen LogP contribution in [0.3, 0.4) is 0 Å². The monoisotopic (exact) mass is 260 g/mol. The van der Waals surface area contributed by atoms with Crippen molar-refractivity contribution in [2.24, 2.45) is 0 Å². The van der Waals surface area contributed by atoms with Crippen molar-refractivity contribution in [3.8, 4) is 0 Å². The van der Waals surface area contributed by atoms with Gasteiger partial charge in [0.25, 0.3) is 0 Å². The first-order valence-corrected chi connectivity index (χ1v) is 6.37. The highest BCUT2D eigenvalue weighted by Crippen LogP contribution is 2.18. The molecule has 0 unspecified atom stereocenters. The fraction of sp³-hybridized carbons (Fsp3) is 0.833.